The minimum absolute atomic E-state index is 0.0452. The van der Waals surface area contributed by atoms with Crippen molar-refractivity contribution in [1.29, 1.82) is 0 Å². The van der Waals surface area contributed by atoms with Gasteiger partial charge < -0.3 is 15.0 Å². The van der Waals surface area contributed by atoms with Crippen molar-refractivity contribution in [2.24, 2.45) is 11.1 Å². The van der Waals surface area contributed by atoms with E-state index >= 15 is 0 Å². The van der Waals surface area contributed by atoms with Gasteiger partial charge >= 0.3 is 6.03 Å². The van der Waals surface area contributed by atoms with Gasteiger partial charge in [-0.05, 0) is 25.2 Å². The summed E-state index contributed by atoms with van der Waals surface area (Å²) >= 11 is 0. The number of primary sulfonamides is 1. The molecule has 1 aliphatic rings. The number of ether oxygens (including phenoxy) is 1. The highest BCUT2D eigenvalue weighted by atomic mass is 32.2. The van der Waals surface area contributed by atoms with E-state index in [0.29, 0.717) is 45.1 Å². The minimum atomic E-state index is -3.41. The third-order valence-corrected chi connectivity index (χ3v) is 4.22. The zero-order valence-electron chi connectivity index (χ0n) is 12.9. The molecule has 1 rings (SSSR count). The minimum Gasteiger partial charge on any atom is -0.377 e. The normalized spacial score (nSPS) is 19.8. The van der Waals surface area contributed by atoms with E-state index in [1.165, 1.54) is 0 Å². The predicted octanol–water partition coefficient (Wildman–Crippen LogP) is 0.512. The average molecular weight is 321 g/mol. The van der Waals surface area contributed by atoms with Crippen LogP contribution in [-0.4, -0.2) is 57.4 Å². The molecule has 0 unspecified atom stereocenters. The van der Waals surface area contributed by atoms with Crippen LogP contribution in [0, 0.1) is 5.92 Å². The first-order valence-corrected chi connectivity index (χ1v) is 9.14. The van der Waals surface area contributed by atoms with E-state index in [1.807, 2.05) is 4.90 Å². The highest BCUT2D eigenvalue weighted by molar-refractivity contribution is 7.89. The maximum Gasteiger partial charge on any atom is 0.317 e. The number of carbonyl (C=O) groups is 1. The molecular formula is C13H27N3O4S. The topological polar surface area (TPSA) is 102 Å². The van der Waals surface area contributed by atoms with E-state index in [2.05, 4.69) is 19.2 Å². The number of hydrogen-bond acceptors (Lipinski definition) is 4. The first-order chi connectivity index (χ1) is 9.79. The molecule has 1 aliphatic heterocycles. The molecule has 0 aromatic rings. The fourth-order valence-corrected chi connectivity index (χ4v) is 2.99. The first kappa shape index (κ1) is 18.2. The Balaban J connectivity index is 2.32. The average Bonchev–Trinajstić information content (AvgIpc) is 2.36. The van der Waals surface area contributed by atoms with Crippen molar-refractivity contribution in [3.63, 3.8) is 0 Å². The summed E-state index contributed by atoms with van der Waals surface area (Å²) in [6.07, 6.45) is 1.97. The summed E-state index contributed by atoms with van der Waals surface area (Å²) in [6, 6.07) is 0.0164. The van der Waals surface area contributed by atoms with Gasteiger partial charge in [-0.15, -0.1) is 0 Å². The summed E-state index contributed by atoms with van der Waals surface area (Å²) in [6.45, 7) is 6.45. The van der Waals surface area contributed by atoms with Crippen LogP contribution in [0.15, 0.2) is 0 Å². The lowest BCUT2D eigenvalue weighted by molar-refractivity contribution is 0.00561. The van der Waals surface area contributed by atoms with Gasteiger partial charge in [-0.25, -0.2) is 18.4 Å². The number of amides is 2. The lowest BCUT2D eigenvalue weighted by Crippen LogP contribution is -2.53. The van der Waals surface area contributed by atoms with Gasteiger partial charge in [-0.1, -0.05) is 13.8 Å². The molecule has 0 aromatic carbocycles. The Morgan fingerprint density at radius 3 is 2.76 bits per heavy atom. The molecule has 21 heavy (non-hydrogen) atoms. The van der Waals surface area contributed by atoms with Crippen LogP contribution < -0.4 is 10.5 Å². The molecule has 1 heterocycles. The second-order valence-corrected chi connectivity index (χ2v) is 7.59. The lowest BCUT2D eigenvalue weighted by Gasteiger charge is -2.36. The lowest BCUT2D eigenvalue weighted by atomic mass is 10.0. The highest BCUT2D eigenvalue weighted by Gasteiger charge is 2.27. The zero-order valence-corrected chi connectivity index (χ0v) is 13.7. The largest absolute Gasteiger partial charge is 0.377 e. The van der Waals surface area contributed by atoms with Crippen LogP contribution in [0.2, 0.25) is 0 Å². The molecule has 0 bridgehead atoms. The van der Waals surface area contributed by atoms with Gasteiger partial charge in [0.1, 0.15) is 0 Å². The molecule has 1 atom stereocenters. The molecule has 1 fully saturated rings. The van der Waals surface area contributed by atoms with Gasteiger partial charge in [-0.2, -0.15) is 0 Å². The second kappa shape index (κ2) is 8.55. The summed E-state index contributed by atoms with van der Waals surface area (Å²) in [5.41, 5.74) is 0. The van der Waals surface area contributed by atoms with Gasteiger partial charge in [0.15, 0.2) is 0 Å². The fraction of sp³-hybridized carbons (Fsp3) is 0.923. The second-order valence-electron chi connectivity index (χ2n) is 5.86. The number of nitrogens with one attached hydrogen (secondary N) is 1. The Kier molecular flexibility index (Phi) is 7.41. The van der Waals surface area contributed by atoms with E-state index in [-0.39, 0.29) is 17.8 Å². The Morgan fingerprint density at radius 2 is 2.14 bits per heavy atom. The number of sulfonamides is 1. The van der Waals surface area contributed by atoms with E-state index < -0.39 is 10.0 Å². The molecule has 124 valence electrons. The van der Waals surface area contributed by atoms with Crippen LogP contribution in [0.5, 0.6) is 0 Å². The number of unbranched alkanes of at least 4 members (excludes halogenated alkanes) is 1. The number of rotatable bonds is 7. The highest BCUT2D eigenvalue weighted by Crippen LogP contribution is 2.15. The van der Waals surface area contributed by atoms with Gasteiger partial charge in [0, 0.05) is 13.1 Å². The SMILES string of the molecule is CC(C)C[C@H]1COCCN1C(=O)NCCCCS(N)(=O)=O. The Bertz CT molecular complexity index is 425. The fourth-order valence-electron chi connectivity index (χ4n) is 2.39. The third-order valence-electron chi connectivity index (χ3n) is 3.36. The molecule has 0 spiro atoms. The van der Waals surface area contributed by atoms with Crippen LogP contribution in [-0.2, 0) is 14.8 Å². The molecule has 2 amide bonds. The summed E-state index contributed by atoms with van der Waals surface area (Å²) in [5, 5.41) is 7.76. The molecule has 0 aliphatic carbocycles. The van der Waals surface area contributed by atoms with Gasteiger partial charge in [0.2, 0.25) is 10.0 Å². The predicted molar refractivity (Wildman–Crippen MR) is 81.4 cm³/mol. The number of morpholine rings is 1. The van der Waals surface area contributed by atoms with E-state index in [1.54, 1.807) is 0 Å². The number of hydrogen-bond donors (Lipinski definition) is 2. The first-order valence-electron chi connectivity index (χ1n) is 7.42. The molecule has 8 heteroatoms. The van der Waals surface area contributed by atoms with Crippen molar-refractivity contribution < 1.29 is 17.9 Å². The van der Waals surface area contributed by atoms with Gasteiger partial charge in [0.25, 0.3) is 0 Å². The molecule has 0 aromatic heterocycles. The van der Waals surface area contributed by atoms with Crippen LogP contribution in [0.3, 0.4) is 0 Å². The van der Waals surface area contributed by atoms with Crippen LogP contribution in [0.4, 0.5) is 4.79 Å². The molecule has 7 nitrogen and oxygen atoms in total. The van der Waals surface area contributed by atoms with E-state index in [4.69, 9.17) is 9.88 Å². The van der Waals surface area contributed by atoms with Crippen molar-refractivity contribution in [2.45, 2.75) is 39.2 Å². The monoisotopic (exact) mass is 321 g/mol. The van der Waals surface area contributed by atoms with Crippen molar-refractivity contribution in [1.82, 2.24) is 10.2 Å². The van der Waals surface area contributed by atoms with Crippen LogP contribution >= 0.6 is 0 Å². The molecule has 1 saturated heterocycles. The van der Waals surface area contributed by atoms with Crippen molar-refractivity contribution in [3.8, 4) is 0 Å². The molecule has 0 saturated carbocycles. The molecule has 3 N–H and O–H groups in total. The van der Waals surface area contributed by atoms with E-state index in [0.717, 1.165) is 6.42 Å². The summed E-state index contributed by atoms with van der Waals surface area (Å²) in [7, 11) is -3.41. The number of nitrogens with two attached hydrogens (primary N) is 1. The van der Waals surface area contributed by atoms with Crippen molar-refractivity contribution >= 4 is 16.1 Å². The summed E-state index contributed by atoms with van der Waals surface area (Å²) in [4.78, 5) is 14.0. The maximum absolute atomic E-state index is 12.2. The third kappa shape index (κ3) is 7.63. The summed E-state index contributed by atoms with van der Waals surface area (Å²) in [5.74, 6) is 0.456. The van der Waals surface area contributed by atoms with Crippen LogP contribution in [0.25, 0.3) is 0 Å². The van der Waals surface area contributed by atoms with Crippen LogP contribution in [0.1, 0.15) is 33.1 Å². The Morgan fingerprint density at radius 1 is 1.43 bits per heavy atom. The Labute approximate surface area is 127 Å². The van der Waals surface area contributed by atoms with Gasteiger partial charge in [0.05, 0.1) is 25.0 Å². The maximum atomic E-state index is 12.2. The quantitative estimate of drug-likeness (QED) is 0.667. The van der Waals surface area contributed by atoms with Gasteiger partial charge in [-0.3, -0.25) is 0 Å². The van der Waals surface area contributed by atoms with E-state index in [9.17, 15) is 13.2 Å². The van der Waals surface area contributed by atoms with Crippen molar-refractivity contribution in [2.75, 3.05) is 32.1 Å². The standard InChI is InChI=1S/C13H27N3O4S/c1-11(2)9-12-10-20-7-6-16(12)13(17)15-5-3-4-8-21(14,18)19/h11-12H,3-10H2,1-2H3,(H,15,17)(H2,14,18,19)/t12-/m0/s1. The zero-order chi connectivity index (χ0) is 15.9. The summed E-state index contributed by atoms with van der Waals surface area (Å²) < 4.78 is 27.0. The molecular weight excluding hydrogens is 294 g/mol. The number of carbonyl (C=O) groups excluding carboxylic acids is 1. The smallest absolute Gasteiger partial charge is 0.317 e. The van der Waals surface area contributed by atoms with Crippen molar-refractivity contribution in [3.05, 3.63) is 0 Å². The Hall–Kier alpha value is -0.860. The molecule has 0 radical (unpaired) electrons. The number of urea groups is 1. The number of nitrogens with zero attached hydrogens (tertiary/aromatic N) is 1.